The molecule has 2 fully saturated rings. The highest BCUT2D eigenvalue weighted by Gasteiger charge is 2.29. The van der Waals surface area contributed by atoms with Crippen molar-refractivity contribution in [2.24, 2.45) is 0 Å². The Morgan fingerprint density at radius 3 is 2.23 bits per heavy atom. The van der Waals surface area contributed by atoms with E-state index in [0.29, 0.717) is 18.1 Å². The average Bonchev–Trinajstić information content (AvgIpc) is 3.79. The molecule has 0 bridgehead atoms. The Bertz CT molecular complexity index is 1460. The Morgan fingerprint density at radius 2 is 1.56 bits per heavy atom. The number of likely N-dealkylation sites (N-methyl/N-ethyl adjacent to an activating group) is 1. The first-order chi connectivity index (χ1) is 18.9. The molecule has 1 amide bonds. The number of carbonyl (C=O) groups excluding carboxylic acids is 1. The summed E-state index contributed by atoms with van der Waals surface area (Å²) in [6.07, 6.45) is 7.89. The van der Waals surface area contributed by atoms with Gasteiger partial charge in [-0.3, -0.25) is 19.7 Å². The second kappa shape index (κ2) is 10.6. The van der Waals surface area contributed by atoms with Crippen LogP contribution in [0.3, 0.4) is 0 Å². The molecule has 7 heteroatoms. The molecule has 1 saturated carbocycles. The molecule has 4 aromatic rings. The Kier molecular flexibility index (Phi) is 6.83. The van der Waals surface area contributed by atoms with Crippen LogP contribution in [-0.2, 0) is 0 Å². The molecule has 1 aliphatic carbocycles. The molecule has 4 heterocycles. The van der Waals surface area contributed by atoms with Crippen LogP contribution >= 0.6 is 0 Å². The number of benzene rings is 1. The fourth-order valence-corrected chi connectivity index (χ4v) is 5.17. The van der Waals surface area contributed by atoms with Crippen molar-refractivity contribution < 1.29 is 4.79 Å². The van der Waals surface area contributed by atoms with Gasteiger partial charge in [0.2, 0.25) is 0 Å². The predicted octanol–water partition coefficient (Wildman–Crippen LogP) is 5.61. The molecule has 0 radical (unpaired) electrons. The van der Waals surface area contributed by atoms with E-state index >= 15 is 0 Å². The SMILES string of the molecule is CC1CN(C(=O)c2ccc(-c3cncc(-c4cc(NC5CC5)nc(-c5ccccn5)c4)c3)cc2)CC(C)N1C. The lowest BCUT2D eigenvalue weighted by Gasteiger charge is -2.42. The maximum absolute atomic E-state index is 13.2. The summed E-state index contributed by atoms with van der Waals surface area (Å²) < 4.78 is 0. The molecule has 198 valence electrons. The number of hydrogen-bond acceptors (Lipinski definition) is 6. The van der Waals surface area contributed by atoms with Crippen molar-refractivity contribution in [2.45, 2.75) is 44.8 Å². The minimum atomic E-state index is 0.0924. The highest BCUT2D eigenvalue weighted by Crippen LogP contribution is 2.32. The third-order valence-corrected chi connectivity index (χ3v) is 7.87. The van der Waals surface area contributed by atoms with Crippen LogP contribution < -0.4 is 5.32 Å². The molecule has 2 atom stereocenters. The fourth-order valence-electron chi connectivity index (χ4n) is 5.17. The van der Waals surface area contributed by atoms with Gasteiger partial charge >= 0.3 is 0 Å². The molecule has 2 aliphatic rings. The summed E-state index contributed by atoms with van der Waals surface area (Å²) in [5, 5.41) is 3.54. The quantitative estimate of drug-likeness (QED) is 0.358. The summed E-state index contributed by atoms with van der Waals surface area (Å²) in [6, 6.07) is 21.3. The van der Waals surface area contributed by atoms with Gasteiger partial charge in [-0.1, -0.05) is 18.2 Å². The summed E-state index contributed by atoms with van der Waals surface area (Å²) in [5.41, 5.74) is 6.46. The molecule has 1 saturated heterocycles. The Balaban J connectivity index is 1.26. The van der Waals surface area contributed by atoms with Crippen LogP contribution in [0.15, 0.2) is 79.3 Å². The van der Waals surface area contributed by atoms with E-state index in [1.807, 2.05) is 59.8 Å². The van der Waals surface area contributed by atoms with Gasteiger partial charge in [-0.25, -0.2) is 4.98 Å². The first-order valence-electron chi connectivity index (χ1n) is 13.7. The lowest BCUT2D eigenvalue weighted by molar-refractivity contribution is 0.0414. The lowest BCUT2D eigenvalue weighted by atomic mass is 10.00. The number of hydrogen-bond donors (Lipinski definition) is 1. The molecular weight excluding hydrogens is 484 g/mol. The molecule has 1 N–H and O–H groups in total. The molecule has 6 rings (SSSR count). The standard InChI is InChI=1S/C32H34N6O/c1-21-19-38(20-22(2)37(21)3)32(39)24-9-7-23(8-10-24)26-14-27(18-33-17-26)25-15-30(29-6-4-5-13-34-29)36-31(16-25)35-28-11-12-28/h4-10,13-18,21-22,28H,11-12,19-20H2,1-3H3,(H,35,36). The van der Waals surface area contributed by atoms with E-state index in [1.54, 1.807) is 6.20 Å². The number of piperazine rings is 1. The minimum Gasteiger partial charge on any atom is -0.367 e. The second-order valence-electron chi connectivity index (χ2n) is 10.9. The van der Waals surface area contributed by atoms with Crippen LogP contribution in [0.5, 0.6) is 0 Å². The number of pyridine rings is 3. The van der Waals surface area contributed by atoms with Crippen molar-refractivity contribution in [3.8, 4) is 33.6 Å². The average molecular weight is 519 g/mol. The third kappa shape index (κ3) is 5.54. The Labute approximate surface area is 229 Å². The summed E-state index contributed by atoms with van der Waals surface area (Å²) in [5.74, 6) is 0.950. The maximum atomic E-state index is 13.2. The van der Waals surface area contributed by atoms with Gasteiger partial charge in [0.05, 0.1) is 11.4 Å². The van der Waals surface area contributed by atoms with E-state index in [-0.39, 0.29) is 5.91 Å². The number of nitrogens with one attached hydrogen (secondary N) is 1. The first kappa shape index (κ1) is 25.2. The molecular formula is C32H34N6O. The zero-order valence-corrected chi connectivity index (χ0v) is 22.7. The number of rotatable bonds is 6. The Morgan fingerprint density at radius 1 is 0.846 bits per heavy atom. The Hall–Kier alpha value is -4.10. The van der Waals surface area contributed by atoms with Crippen LogP contribution in [0.4, 0.5) is 5.82 Å². The molecule has 0 spiro atoms. The number of aromatic nitrogens is 3. The van der Waals surface area contributed by atoms with Crippen molar-refractivity contribution in [3.63, 3.8) is 0 Å². The number of amides is 1. The van der Waals surface area contributed by atoms with Gasteiger partial charge in [0, 0.05) is 66.5 Å². The van der Waals surface area contributed by atoms with Crippen LogP contribution in [0.2, 0.25) is 0 Å². The van der Waals surface area contributed by atoms with Crippen molar-refractivity contribution in [2.75, 3.05) is 25.5 Å². The van der Waals surface area contributed by atoms with Gasteiger partial charge in [-0.2, -0.15) is 0 Å². The number of nitrogens with zero attached hydrogens (tertiary/aromatic N) is 5. The van der Waals surface area contributed by atoms with Crippen molar-refractivity contribution >= 4 is 11.7 Å². The minimum absolute atomic E-state index is 0.0924. The van der Waals surface area contributed by atoms with Gasteiger partial charge in [0.25, 0.3) is 5.91 Å². The normalized spacial score (nSPS) is 19.6. The topological polar surface area (TPSA) is 74.2 Å². The van der Waals surface area contributed by atoms with Crippen LogP contribution in [0, 0.1) is 0 Å². The monoisotopic (exact) mass is 518 g/mol. The molecule has 3 aromatic heterocycles. The second-order valence-corrected chi connectivity index (χ2v) is 10.9. The van der Waals surface area contributed by atoms with Gasteiger partial charge < -0.3 is 10.2 Å². The predicted molar refractivity (Wildman–Crippen MR) is 155 cm³/mol. The maximum Gasteiger partial charge on any atom is 0.253 e. The van der Waals surface area contributed by atoms with Gasteiger partial charge in [-0.05, 0) is 87.3 Å². The summed E-state index contributed by atoms with van der Waals surface area (Å²) in [7, 11) is 2.13. The van der Waals surface area contributed by atoms with E-state index in [4.69, 9.17) is 4.98 Å². The summed E-state index contributed by atoms with van der Waals surface area (Å²) in [4.78, 5) is 31.4. The smallest absolute Gasteiger partial charge is 0.253 e. The van der Waals surface area contributed by atoms with Gasteiger partial charge in [0.1, 0.15) is 5.82 Å². The van der Waals surface area contributed by atoms with Gasteiger partial charge in [0.15, 0.2) is 0 Å². The molecule has 2 unspecified atom stereocenters. The van der Waals surface area contributed by atoms with E-state index in [1.165, 1.54) is 12.8 Å². The summed E-state index contributed by atoms with van der Waals surface area (Å²) >= 11 is 0. The highest BCUT2D eigenvalue weighted by atomic mass is 16.2. The zero-order chi connectivity index (χ0) is 26.9. The third-order valence-electron chi connectivity index (χ3n) is 7.87. The highest BCUT2D eigenvalue weighted by molar-refractivity contribution is 5.95. The van der Waals surface area contributed by atoms with Crippen molar-refractivity contribution in [3.05, 3.63) is 84.8 Å². The van der Waals surface area contributed by atoms with Crippen LogP contribution in [0.25, 0.3) is 33.6 Å². The zero-order valence-electron chi connectivity index (χ0n) is 22.7. The fraction of sp³-hybridized carbons (Fsp3) is 0.312. The summed E-state index contributed by atoms with van der Waals surface area (Å²) in [6.45, 7) is 5.84. The molecule has 1 aromatic carbocycles. The van der Waals surface area contributed by atoms with Gasteiger partial charge in [-0.15, -0.1) is 0 Å². The molecule has 1 aliphatic heterocycles. The van der Waals surface area contributed by atoms with E-state index in [0.717, 1.165) is 58.1 Å². The largest absolute Gasteiger partial charge is 0.367 e. The number of anilines is 1. The van der Waals surface area contributed by atoms with E-state index in [2.05, 4.69) is 59.3 Å². The first-order valence-corrected chi connectivity index (χ1v) is 13.7. The van der Waals surface area contributed by atoms with Crippen LogP contribution in [0.1, 0.15) is 37.0 Å². The van der Waals surface area contributed by atoms with Crippen molar-refractivity contribution in [1.82, 2.24) is 24.8 Å². The van der Waals surface area contributed by atoms with E-state index in [9.17, 15) is 4.79 Å². The van der Waals surface area contributed by atoms with E-state index < -0.39 is 0 Å². The van der Waals surface area contributed by atoms with Crippen molar-refractivity contribution in [1.29, 1.82) is 0 Å². The molecule has 7 nitrogen and oxygen atoms in total. The lowest BCUT2D eigenvalue weighted by Crippen LogP contribution is -2.56. The molecule has 39 heavy (non-hydrogen) atoms. The number of carbonyl (C=O) groups is 1. The van der Waals surface area contributed by atoms with Crippen LogP contribution in [-0.4, -0.2) is 68.9 Å².